The maximum absolute atomic E-state index is 13.7. The van der Waals surface area contributed by atoms with Crippen molar-refractivity contribution in [2.24, 2.45) is 0 Å². The SMILES string of the molecule is N#CCC(C(=O)c1cc(F)c(F)cc1F)c1ccccc1. The van der Waals surface area contributed by atoms with Crippen molar-refractivity contribution in [3.8, 4) is 6.07 Å². The normalized spacial score (nSPS) is 11.7. The largest absolute Gasteiger partial charge is 0.293 e. The standard InChI is InChI=1S/C16H10F3NO/c17-13-9-15(19)14(18)8-12(13)16(21)11(6-7-20)10-4-2-1-3-5-10/h1-5,8-9,11H,6H2. The molecule has 0 amide bonds. The van der Waals surface area contributed by atoms with Gasteiger partial charge in [-0.3, -0.25) is 4.79 Å². The van der Waals surface area contributed by atoms with Crippen LogP contribution in [-0.4, -0.2) is 5.78 Å². The molecule has 0 fully saturated rings. The maximum atomic E-state index is 13.7. The summed E-state index contributed by atoms with van der Waals surface area (Å²) >= 11 is 0. The summed E-state index contributed by atoms with van der Waals surface area (Å²) in [4.78, 5) is 12.3. The number of nitrogens with zero attached hydrogens (tertiary/aromatic N) is 1. The smallest absolute Gasteiger partial charge is 0.174 e. The monoisotopic (exact) mass is 289 g/mol. The van der Waals surface area contributed by atoms with Gasteiger partial charge in [-0.05, 0) is 11.6 Å². The van der Waals surface area contributed by atoms with Gasteiger partial charge in [0.15, 0.2) is 17.4 Å². The summed E-state index contributed by atoms with van der Waals surface area (Å²) in [5.74, 6) is -5.48. The molecule has 21 heavy (non-hydrogen) atoms. The van der Waals surface area contributed by atoms with Gasteiger partial charge in [-0.25, -0.2) is 13.2 Å². The summed E-state index contributed by atoms with van der Waals surface area (Å²) in [6.45, 7) is 0. The van der Waals surface area contributed by atoms with Crippen LogP contribution in [0.25, 0.3) is 0 Å². The molecule has 2 aromatic rings. The number of hydrogen-bond acceptors (Lipinski definition) is 2. The van der Waals surface area contributed by atoms with Crippen molar-refractivity contribution >= 4 is 5.78 Å². The Morgan fingerprint density at radius 3 is 2.29 bits per heavy atom. The molecule has 0 aliphatic heterocycles. The van der Waals surface area contributed by atoms with Crippen molar-refractivity contribution in [3.05, 3.63) is 71.0 Å². The van der Waals surface area contributed by atoms with Crippen molar-refractivity contribution in [2.45, 2.75) is 12.3 Å². The Balaban J connectivity index is 2.45. The molecule has 2 nitrogen and oxygen atoms in total. The minimum atomic E-state index is -1.36. The lowest BCUT2D eigenvalue weighted by Crippen LogP contribution is -2.15. The quantitative estimate of drug-likeness (QED) is 0.631. The van der Waals surface area contributed by atoms with E-state index in [0.717, 1.165) is 0 Å². The number of carbonyl (C=O) groups excluding carboxylic acids is 1. The maximum Gasteiger partial charge on any atom is 0.174 e. The van der Waals surface area contributed by atoms with Gasteiger partial charge in [-0.2, -0.15) is 5.26 Å². The number of Topliss-reactive ketones (excluding diaryl/α,β-unsaturated/α-hetero) is 1. The van der Waals surface area contributed by atoms with Gasteiger partial charge in [0.05, 0.1) is 17.6 Å². The van der Waals surface area contributed by atoms with Crippen LogP contribution in [0.2, 0.25) is 0 Å². The molecule has 0 aliphatic rings. The molecule has 106 valence electrons. The molecule has 0 N–H and O–H groups in total. The van der Waals surface area contributed by atoms with Crippen LogP contribution < -0.4 is 0 Å². The average molecular weight is 289 g/mol. The number of nitriles is 1. The number of ketones is 1. The van der Waals surface area contributed by atoms with Gasteiger partial charge in [0, 0.05) is 12.5 Å². The first-order valence-corrected chi connectivity index (χ1v) is 6.15. The third-order valence-electron chi connectivity index (χ3n) is 3.09. The fourth-order valence-corrected chi connectivity index (χ4v) is 2.04. The highest BCUT2D eigenvalue weighted by molar-refractivity contribution is 6.01. The molecule has 0 saturated carbocycles. The minimum absolute atomic E-state index is 0.179. The van der Waals surface area contributed by atoms with Crippen LogP contribution in [0.15, 0.2) is 42.5 Å². The second-order valence-electron chi connectivity index (χ2n) is 4.44. The fourth-order valence-electron chi connectivity index (χ4n) is 2.04. The zero-order valence-corrected chi connectivity index (χ0v) is 10.8. The van der Waals surface area contributed by atoms with E-state index in [2.05, 4.69) is 0 Å². The van der Waals surface area contributed by atoms with Crippen LogP contribution in [0.4, 0.5) is 13.2 Å². The van der Waals surface area contributed by atoms with Gasteiger partial charge < -0.3 is 0 Å². The molecule has 0 aliphatic carbocycles. The molecule has 2 rings (SSSR count). The highest BCUT2D eigenvalue weighted by atomic mass is 19.2. The molecule has 1 atom stereocenters. The molecule has 2 aromatic carbocycles. The van der Waals surface area contributed by atoms with Gasteiger partial charge in [-0.1, -0.05) is 30.3 Å². The van der Waals surface area contributed by atoms with Gasteiger partial charge in [0.1, 0.15) is 5.82 Å². The lowest BCUT2D eigenvalue weighted by atomic mass is 9.88. The molecule has 0 radical (unpaired) electrons. The molecule has 0 spiro atoms. The zero-order valence-electron chi connectivity index (χ0n) is 10.8. The average Bonchev–Trinajstić information content (AvgIpc) is 2.49. The topological polar surface area (TPSA) is 40.9 Å². The summed E-state index contributed by atoms with van der Waals surface area (Å²) in [6.07, 6.45) is -0.179. The first-order valence-electron chi connectivity index (χ1n) is 6.15. The van der Waals surface area contributed by atoms with E-state index >= 15 is 0 Å². The molecule has 0 saturated heterocycles. The lowest BCUT2D eigenvalue weighted by Gasteiger charge is -2.13. The second kappa shape index (κ2) is 6.23. The van der Waals surface area contributed by atoms with Crippen LogP contribution in [0, 0.1) is 28.8 Å². The first kappa shape index (κ1) is 14.8. The highest BCUT2D eigenvalue weighted by Crippen LogP contribution is 2.26. The molecule has 0 heterocycles. The van der Waals surface area contributed by atoms with Gasteiger partial charge in [0.2, 0.25) is 0 Å². The van der Waals surface area contributed by atoms with Crippen molar-refractivity contribution in [3.63, 3.8) is 0 Å². The molecule has 5 heteroatoms. The summed E-state index contributed by atoms with van der Waals surface area (Å²) in [6, 6.07) is 11.0. The first-order chi connectivity index (χ1) is 10.0. The third kappa shape index (κ3) is 3.11. The van der Waals surface area contributed by atoms with Gasteiger partial charge in [0.25, 0.3) is 0 Å². The number of halogens is 3. The fraction of sp³-hybridized carbons (Fsp3) is 0.125. The Hall–Kier alpha value is -2.61. The van der Waals surface area contributed by atoms with E-state index in [-0.39, 0.29) is 6.42 Å². The summed E-state index contributed by atoms with van der Waals surface area (Å²) < 4.78 is 39.8. The van der Waals surface area contributed by atoms with Crippen molar-refractivity contribution in [1.29, 1.82) is 5.26 Å². The Morgan fingerprint density at radius 2 is 1.67 bits per heavy atom. The number of carbonyl (C=O) groups is 1. The number of hydrogen-bond donors (Lipinski definition) is 0. The Kier molecular flexibility index (Phi) is 4.39. The summed E-state index contributed by atoms with van der Waals surface area (Å²) in [5, 5.41) is 8.83. The molecular formula is C16H10F3NO. The highest BCUT2D eigenvalue weighted by Gasteiger charge is 2.25. The predicted molar refractivity (Wildman–Crippen MR) is 70.1 cm³/mol. The van der Waals surface area contributed by atoms with E-state index < -0.39 is 34.7 Å². The van der Waals surface area contributed by atoms with Crippen LogP contribution in [0.3, 0.4) is 0 Å². The predicted octanol–water partition coefficient (Wildman–Crippen LogP) is 3.98. The molecular weight excluding hydrogens is 279 g/mol. The summed E-state index contributed by atoms with van der Waals surface area (Å²) in [7, 11) is 0. The van der Waals surface area contributed by atoms with E-state index in [1.807, 2.05) is 6.07 Å². The van der Waals surface area contributed by atoms with Gasteiger partial charge in [-0.15, -0.1) is 0 Å². The summed E-state index contributed by atoms with van der Waals surface area (Å²) in [5.41, 5.74) is -0.0359. The van der Waals surface area contributed by atoms with Crippen LogP contribution >= 0.6 is 0 Å². The van der Waals surface area contributed by atoms with Crippen molar-refractivity contribution in [1.82, 2.24) is 0 Å². The van der Waals surface area contributed by atoms with Crippen LogP contribution in [-0.2, 0) is 0 Å². The van der Waals surface area contributed by atoms with E-state index in [1.54, 1.807) is 30.3 Å². The second-order valence-corrected chi connectivity index (χ2v) is 4.44. The van der Waals surface area contributed by atoms with Crippen molar-refractivity contribution in [2.75, 3.05) is 0 Å². The van der Waals surface area contributed by atoms with Gasteiger partial charge >= 0.3 is 0 Å². The molecule has 0 aromatic heterocycles. The number of rotatable bonds is 4. The van der Waals surface area contributed by atoms with E-state index in [4.69, 9.17) is 5.26 Å². The Bertz CT molecular complexity index is 707. The molecule has 1 unspecified atom stereocenters. The number of benzene rings is 2. The van der Waals surface area contributed by atoms with Crippen LogP contribution in [0.5, 0.6) is 0 Å². The van der Waals surface area contributed by atoms with Crippen molar-refractivity contribution < 1.29 is 18.0 Å². The van der Waals surface area contributed by atoms with E-state index in [9.17, 15) is 18.0 Å². The Morgan fingerprint density at radius 1 is 1.05 bits per heavy atom. The van der Waals surface area contributed by atoms with E-state index in [1.165, 1.54) is 0 Å². The minimum Gasteiger partial charge on any atom is -0.293 e. The lowest BCUT2D eigenvalue weighted by molar-refractivity contribution is 0.0956. The van der Waals surface area contributed by atoms with E-state index in [0.29, 0.717) is 17.7 Å². The molecule has 0 bridgehead atoms. The Labute approximate surface area is 119 Å². The zero-order chi connectivity index (χ0) is 15.4. The third-order valence-corrected chi connectivity index (χ3v) is 3.09. The van der Waals surface area contributed by atoms with Crippen LogP contribution in [0.1, 0.15) is 28.3 Å².